The van der Waals surface area contributed by atoms with Crippen molar-refractivity contribution in [2.75, 3.05) is 6.61 Å². The molecule has 2 aliphatic carbocycles. The fourth-order valence-corrected chi connectivity index (χ4v) is 5.62. The summed E-state index contributed by atoms with van der Waals surface area (Å²) >= 11 is 0. The first kappa shape index (κ1) is 21.5. The highest BCUT2D eigenvalue weighted by molar-refractivity contribution is 6.00. The summed E-state index contributed by atoms with van der Waals surface area (Å²) in [6, 6.07) is 10.5. The highest BCUT2D eigenvalue weighted by Crippen LogP contribution is 2.59. The normalized spacial score (nSPS) is 32.1. The average Bonchev–Trinajstić information content (AvgIpc) is 2.74. The molecule has 7 heteroatoms. The summed E-state index contributed by atoms with van der Waals surface area (Å²) in [6.45, 7) is 3.43. The molecule has 0 spiro atoms. The van der Waals surface area contributed by atoms with Crippen molar-refractivity contribution in [1.82, 2.24) is 4.98 Å². The summed E-state index contributed by atoms with van der Waals surface area (Å²) in [5.41, 5.74) is 3.48. The second kappa shape index (κ2) is 7.43. The predicted octanol–water partition coefficient (Wildman–Crippen LogP) is 2.23. The van der Waals surface area contributed by atoms with Gasteiger partial charge in [0.15, 0.2) is 12.4 Å². The number of benzene rings is 1. The summed E-state index contributed by atoms with van der Waals surface area (Å²) in [6.07, 6.45) is 3.07. The summed E-state index contributed by atoms with van der Waals surface area (Å²) < 4.78 is 5.39. The third-order valence-corrected chi connectivity index (χ3v) is 7.23. The van der Waals surface area contributed by atoms with Gasteiger partial charge in [0.05, 0.1) is 11.3 Å². The zero-order valence-electron chi connectivity index (χ0n) is 17.8. The third-order valence-electron chi connectivity index (χ3n) is 7.23. The average molecular weight is 424 g/mol. The van der Waals surface area contributed by atoms with Gasteiger partial charge in [-0.25, -0.2) is 0 Å². The van der Waals surface area contributed by atoms with Crippen molar-refractivity contribution in [2.24, 2.45) is 11.7 Å². The lowest BCUT2D eigenvalue weighted by Crippen LogP contribution is -2.62. The van der Waals surface area contributed by atoms with Gasteiger partial charge in [0.2, 0.25) is 0 Å². The number of aromatic nitrogens is 1. The van der Waals surface area contributed by atoms with E-state index < -0.39 is 22.5 Å². The number of hydrogen-bond donors (Lipinski definition) is 3. The fourth-order valence-electron chi connectivity index (χ4n) is 5.62. The van der Waals surface area contributed by atoms with Gasteiger partial charge in [-0.15, -0.1) is 0 Å². The molecule has 2 aliphatic rings. The van der Waals surface area contributed by atoms with Crippen LogP contribution in [0.2, 0.25) is 0 Å². The Labute approximate surface area is 181 Å². The molecule has 1 saturated carbocycles. The number of nitrogens with zero attached hydrogens (tertiary/aromatic N) is 1. The van der Waals surface area contributed by atoms with E-state index in [2.05, 4.69) is 4.98 Å². The number of primary amides is 1. The molecular formula is C24H28N2O5. The maximum absolute atomic E-state index is 13.1. The molecule has 0 radical (unpaired) electrons. The molecule has 4 unspecified atom stereocenters. The Morgan fingerprint density at radius 1 is 1.29 bits per heavy atom. The summed E-state index contributed by atoms with van der Waals surface area (Å²) in [7, 11) is 0. The van der Waals surface area contributed by atoms with Crippen molar-refractivity contribution in [3.05, 3.63) is 59.4 Å². The smallest absolute Gasteiger partial charge is 0.255 e. The molecule has 4 N–H and O–H groups in total. The van der Waals surface area contributed by atoms with E-state index in [-0.39, 0.29) is 37.6 Å². The first-order valence-electron chi connectivity index (χ1n) is 10.6. The van der Waals surface area contributed by atoms with Crippen LogP contribution in [0.1, 0.15) is 61.1 Å². The highest BCUT2D eigenvalue weighted by Gasteiger charge is 2.62. The minimum atomic E-state index is -1.56. The number of Topliss-reactive ketones (excluding diaryl/α,β-unsaturated/α-hetero) is 1. The quantitative estimate of drug-likeness (QED) is 0.676. The zero-order valence-corrected chi connectivity index (χ0v) is 17.8. The van der Waals surface area contributed by atoms with Gasteiger partial charge >= 0.3 is 0 Å². The number of aliphatic hydroxyl groups is 2. The molecule has 1 aromatic heterocycles. The van der Waals surface area contributed by atoms with Crippen LogP contribution in [0.15, 0.2) is 42.6 Å². The van der Waals surface area contributed by atoms with Crippen molar-refractivity contribution in [3.63, 3.8) is 0 Å². The molecule has 0 saturated heterocycles. The minimum absolute atomic E-state index is 0.0430. The molecule has 1 heterocycles. The highest BCUT2D eigenvalue weighted by atomic mass is 16.5. The molecule has 1 fully saturated rings. The fraction of sp³-hybridized carbons (Fsp3) is 0.458. The largest absolute Gasteiger partial charge is 0.484 e. The Kier molecular flexibility index (Phi) is 5.14. The summed E-state index contributed by atoms with van der Waals surface area (Å²) in [4.78, 5) is 28.4. The van der Waals surface area contributed by atoms with Gasteiger partial charge < -0.3 is 20.7 Å². The number of ether oxygens (including phenoxy) is 1. The lowest BCUT2D eigenvalue weighted by atomic mass is 9.49. The number of ketones is 1. The minimum Gasteiger partial charge on any atom is -0.484 e. The van der Waals surface area contributed by atoms with E-state index in [1.165, 1.54) is 0 Å². The molecule has 1 aromatic carbocycles. The van der Waals surface area contributed by atoms with E-state index in [0.717, 1.165) is 5.56 Å². The van der Waals surface area contributed by atoms with Gasteiger partial charge in [-0.1, -0.05) is 19.1 Å². The molecule has 0 bridgehead atoms. The van der Waals surface area contributed by atoms with Crippen LogP contribution in [-0.2, 0) is 15.8 Å². The van der Waals surface area contributed by atoms with Gasteiger partial charge in [0.25, 0.3) is 5.91 Å². The van der Waals surface area contributed by atoms with Crippen LogP contribution < -0.4 is 10.5 Å². The summed E-state index contributed by atoms with van der Waals surface area (Å²) in [5, 5.41) is 23.2. The molecule has 0 aliphatic heterocycles. The van der Waals surface area contributed by atoms with Crippen molar-refractivity contribution in [2.45, 2.75) is 56.1 Å². The van der Waals surface area contributed by atoms with E-state index in [4.69, 9.17) is 10.5 Å². The van der Waals surface area contributed by atoms with Gasteiger partial charge in [-0.05, 0) is 61.9 Å². The lowest BCUT2D eigenvalue weighted by Gasteiger charge is -2.58. The van der Waals surface area contributed by atoms with Crippen molar-refractivity contribution in [1.29, 1.82) is 0 Å². The van der Waals surface area contributed by atoms with Gasteiger partial charge in [-0.3, -0.25) is 14.6 Å². The number of hydrogen-bond acceptors (Lipinski definition) is 6. The number of carbonyl (C=O) groups is 2. The molecule has 4 atom stereocenters. The van der Waals surface area contributed by atoms with Crippen LogP contribution >= 0.6 is 0 Å². The second-order valence-corrected chi connectivity index (χ2v) is 9.03. The SMILES string of the molecule is CCC12CC(C)(O)C(O)(c3ccccn3)CC1CC(=O)c1cc(OCC(N)=O)ccc12. The van der Waals surface area contributed by atoms with E-state index >= 15 is 0 Å². The third kappa shape index (κ3) is 3.32. The van der Waals surface area contributed by atoms with Gasteiger partial charge in [-0.2, -0.15) is 0 Å². The Morgan fingerprint density at radius 2 is 2.06 bits per heavy atom. The molecule has 164 valence electrons. The number of rotatable bonds is 5. The number of pyridine rings is 1. The Bertz CT molecular complexity index is 1020. The van der Waals surface area contributed by atoms with Crippen molar-refractivity contribution < 1.29 is 24.5 Å². The van der Waals surface area contributed by atoms with Crippen molar-refractivity contribution in [3.8, 4) is 5.75 Å². The zero-order chi connectivity index (χ0) is 22.4. The molecule has 2 aromatic rings. The first-order valence-corrected chi connectivity index (χ1v) is 10.6. The van der Waals surface area contributed by atoms with Crippen LogP contribution in [0.3, 0.4) is 0 Å². The molecule has 4 rings (SSSR count). The Hall–Kier alpha value is -2.77. The van der Waals surface area contributed by atoms with Gasteiger partial charge in [0.1, 0.15) is 11.4 Å². The van der Waals surface area contributed by atoms with Crippen LogP contribution in [0.25, 0.3) is 0 Å². The predicted molar refractivity (Wildman–Crippen MR) is 114 cm³/mol. The van der Waals surface area contributed by atoms with E-state index in [1.54, 1.807) is 43.5 Å². The van der Waals surface area contributed by atoms with E-state index in [0.29, 0.717) is 23.4 Å². The van der Waals surface area contributed by atoms with Gasteiger partial charge in [0, 0.05) is 23.6 Å². The lowest BCUT2D eigenvalue weighted by molar-refractivity contribution is -0.205. The van der Waals surface area contributed by atoms with E-state index in [9.17, 15) is 19.8 Å². The summed E-state index contributed by atoms with van der Waals surface area (Å²) in [5.74, 6) is -0.380. The van der Waals surface area contributed by atoms with Crippen molar-refractivity contribution >= 4 is 11.7 Å². The monoisotopic (exact) mass is 424 g/mol. The number of nitrogens with two attached hydrogens (primary N) is 1. The number of amides is 1. The maximum atomic E-state index is 13.1. The Balaban J connectivity index is 1.78. The maximum Gasteiger partial charge on any atom is 0.255 e. The van der Waals surface area contributed by atoms with Crippen LogP contribution in [-0.4, -0.2) is 39.1 Å². The van der Waals surface area contributed by atoms with Crippen LogP contribution in [0.5, 0.6) is 5.75 Å². The van der Waals surface area contributed by atoms with Crippen LogP contribution in [0, 0.1) is 5.92 Å². The number of fused-ring (bicyclic) bond motifs is 3. The Morgan fingerprint density at radius 3 is 2.71 bits per heavy atom. The molecule has 1 amide bonds. The molecule has 7 nitrogen and oxygen atoms in total. The number of carbonyl (C=O) groups excluding carboxylic acids is 2. The standard InChI is InChI=1S/C24H28N2O5/c1-3-23-14-22(2,29)24(30,20-6-4-5-9-26-20)12-15(23)10-19(27)17-11-16(7-8-18(17)23)31-13-21(25)28/h4-9,11,15,29-30H,3,10,12-14H2,1-2H3,(H2,25,28). The topological polar surface area (TPSA) is 123 Å². The van der Waals surface area contributed by atoms with Crippen LogP contribution in [0.4, 0.5) is 0 Å². The second-order valence-electron chi connectivity index (χ2n) is 9.03. The van der Waals surface area contributed by atoms with E-state index in [1.807, 2.05) is 13.0 Å². The molecular weight excluding hydrogens is 396 g/mol. The molecule has 31 heavy (non-hydrogen) atoms. The first-order chi connectivity index (χ1) is 14.6.